The van der Waals surface area contributed by atoms with Crippen LogP contribution in [0.2, 0.25) is 0 Å². The van der Waals surface area contributed by atoms with E-state index in [0.29, 0.717) is 4.75 Å². The van der Waals surface area contributed by atoms with Gasteiger partial charge in [-0.25, -0.2) is 9.67 Å². The molecule has 96 valence electrons. The molecule has 1 aliphatic rings. The smallest absolute Gasteiger partial charge is 0.140 e. The van der Waals surface area contributed by atoms with Crippen molar-refractivity contribution in [1.82, 2.24) is 20.1 Å². The maximum absolute atomic E-state index is 4.30. The number of aromatic nitrogens is 3. The average molecular weight is 254 g/mol. The van der Waals surface area contributed by atoms with Gasteiger partial charge in [-0.1, -0.05) is 6.92 Å². The third-order valence-corrected chi connectivity index (χ3v) is 4.75. The van der Waals surface area contributed by atoms with Gasteiger partial charge in [-0.3, -0.25) is 0 Å². The van der Waals surface area contributed by atoms with Crippen LogP contribution in [-0.4, -0.2) is 31.8 Å². The van der Waals surface area contributed by atoms with Crippen molar-refractivity contribution >= 4 is 11.8 Å². The van der Waals surface area contributed by atoms with Crippen molar-refractivity contribution in [2.24, 2.45) is 0 Å². The summed E-state index contributed by atoms with van der Waals surface area (Å²) in [6.07, 6.45) is 5.43. The summed E-state index contributed by atoms with van der Waals surface area (Å²) in [5, 5.41) is 7.76. The lowest BCUT2D eigenvalue weighted by molar-refractivity contribution is 0.503. The SMILES string of the molecule is CCCn1ncnc1CNCC1(C)CCCS1. The van der Waals surface area contributed by atoms with Crippen LogP contribution in [0, 0.1) is 0 Å². The summed E-state index contributed by atoms with van der Waals surface area (Å²) in [5.41, 5.74) is 0. The van der Waals surface area contributed by atoms with Gasteiger partial charge in [0.25, 0.3) is 0 Å². The number of hydrogen-bond acceptors (Lipinski definition) is 4. The molecule has 1 saturated heterocycles. The summed E-state index contributed by atoms with van der Waals surface area (Å²) < 4.78 is 2.42. The lowest BCUT2D eigenvalue weighted by Crippen LogP contribution is -2.33. The first kappa shape index (κ1) is 12.9. The van der Waals surface area contributed by atoms with Crippen molar-refractivity contribution in [3.05, 3.63) is 12.2 Å². The summed E-state index contributed by atoms with van der Waals surface area (Å²) in [7, 11) is 0. The highest BCUT2D eigenvalue weighted by atomic mass is 32.2. The molecule has 1 aliphatic heterocycles. The van der Waals surface area contributed by atoms with Crippen molar-refractivity contribution < 1.29 is 0 Å². The van der Waals surface area contributed by atoms with Gasteiger partial charge in [0, 0.05) is 17.8 Å². The van der Waals surface area contributed by atoms with E-state index in [4.69, 9.17) is 0 Å². The molecular formula is C12H22N4S. The molecule has 1 aromatic heterocycles. The maximum atomic E-state index is 4.30. The largest absolute Gasteiger partial charge is 0.308 e. The van der Waals surface area contributed by atoms with Gasteiger partial charge in [0.05, 0.1) is 6.54 Å². The van der Waals surface area contributed by atoms with E-state index in [1.165, 1.54) is 18.6 Å². The molecule has 1 aromatic rings. The zero-order chi connectivity index (χ0) is 12.1. The Hall–Kier alpha value is -0.550. The molecule has 1 N–H and O–H groups in total. The van der Waals surface area contributed by atoms with Crippen molar-refractivity contribution in [3.8, 4) is 0 Å². The first-order valence-electron chi connectivity index (χ1n) is 6.45. The number of aryl methyl sites for hydroxylation is 1. The zero-order valence-corrected chi connectivity index (χ0v) is 11.6. The van der Waals surface area contributed by atoms with Gasteiger partial charge in [0.2, 0.25) is 0 Å². The van der Waals surface area contributed by atoms with E-state index >= 15 is 0 Å². The molecule has 1 atom stereocenters. The van der Waals surface area contributed by atoms with E-state index in [1.807, 2.05) is 4.68 Å². The quantitative estimate of drug-likeness (QED) is 0.844. The van der Waals surface area contributed by atoms with Crippen LogP contribution in [0.25, 0.3) is 0 Å². The number of thioether (sulfide) groups is 1. The Morgan fingerprint density at radius 1 is 1.59 bits per heavy atom. The third kappa shape index (κ3) is 3.45. The molecule has 0 saturated carbocycles. The fraction of sp³-hybridized carbons (Fsp3) is 0.833. The van der Waals surface area contributed by atoms with Crippen molar-refractivity contribution in [3.63, 3.8) is 0 Å². The molecule has 0 aliphatic carbocycles. The molecule has 5 heteroatoms. The highest BCUT2D eigenvalue weighted by molar-refractivity contribution is 8.00. The highest BCUT2D eigenvalue weighted by Crippen LogP contribution is 2.36. The molecule has 1 unspecified atom stereocenters. The molecule has 1 fully saturated rings. The zero-order valence-electron chi connectivity index (χ0n) is 10.8. The molecule has 17 heavy (non-hydrogen) atoms. The third-order valence-electron chi connectivity index (χ3n) is 3.21. The van der Waals surface area contributed by atoms with Crippen LogP contribution < -0.4 is 5.32 Å². The van der Waals surface area contributed by atoms with Crippen LogP contribution >= 0.6 is 11.8 Å². The van der Waals surface area contributed by atoms with Crippen molar-refractivity contribution in [2.75, 3.05) is 12.3 Å². The van der Waals surface area contributed by atoms with Crippen LogP contribution in [0.3, 0.4) is 0 Å². The summed E-state index contributed by atoms with van der Waals surface area (Å²) in [5.74, 6) is 2.36. The van der Waals surface area contributed by atoms with Crippen LogP contribution in [0.5, 0.6) is 0 Å². The Bertz CT molecular complexity index is 344. The first-order valence-corrected chi connectivity index (χ1v) is 7.43. The van der Waals surface area contributed by atoms with Gasteiger partial charge in [0.1, 0.15) is 12.2 Å². The molecule has 2 rings (SSSR count). The van der Waals surface area contributed by atoms with Crippen LogP contribution in [0.1, 0.15) is 38.9 Å². The van der Waals surface area contributed by atoms with Gasteiger partial charge in [0.15, 0.2) is 0 Å². The Balaban J connectivity index is 1.79. The molecular weight excluding hydrogens is 232 g/mol. The lowest BCUT2D eigenvalue weighted by Gasteiger charge is -2.22. The van der Waals surface area contributed by atoms with Gasteiger partial charge in [-0.2, -0.15) is 16.9 Å². The van der Waals surface area contributed by atoms with Gasteiger partial charge in [-0.15, -0.1) is 0 Å². The number of rotatable bonds is 6. The lowest BCUT2D eigenvalue weighted by atomic mass is 10.1. The Morgan fingerprint density at radius 3 is 3.18 bits per heavy atom. The summed E-state index contributed by atoms with van der Waals surface area (Å²) in [6, 6.07) is 0. The van der Waals surface area contributed by atoms with Crippen LogP contribution in [0.15, 0.2) is 6.33 Å². The second kappa shape index (κ2) is 5.87. The standard InChI is InChI=1S/C12H22N4S/c1-3-6-16-11(14-10-15-16)8-13-9-12(2)5-4-7-17-12/h10,13H,3-9H2,1-2H3. The van der Waals surface area contributed by atoms with E-state index < -0.39 is 0 Å². The molecule has 0 bridgehead atoms. The Morgan fingerprint density at radius 2 is 2.47 bits per heavy atom. The number of nitrogens with zero attached hydrogens (tertiary/aromatic N) is 3. The maximum Gasteiger partial charge on any atom is 0.140 e. The Kier molecular flexibility index (Phi) is 4.45. The summed E-state index contributed by atoms with van der Waals surface area (Å²) >= 11 is 2.09. The highest BCUT2D eigenvalue weighted by Gasteiger charge is 2.28. The second-order valence-electron chi connectivity index (χ2n) is 4.90. The minimum atomic E-state index is 0.426. The van der Waals surface area contributed by atoms with Gasteiger partial charge >= 0.3 is 0 Å². The monoisotopic (exact) mass is 254 g/mol. The predicted molar refractivity (Wildman–Crippen MR) is 72.1 cm³/mol. The number of nitrogens with one attached hydrogen (secondary N) is 1. The van der Waals surface area contributed by atoms with E-state index in [2.05, 4.69) is 41.0 Å². The predicted octanol–water partition coefficient (Wildman–Crippen LogP) is 2.06. The van der Waals surface area contributed by atoms with Crippen molar-refractivity contribution in [1.29, 1.82) is 0 Å². The van der Waals surface area contributed by atoms with E-state index in [1.54, 1.807) is 6.33 Å². The fourth-order valence-corrected chi connectivity index (χ4v) is 3.51. The first-order chi connectivity index (χ1) is 8.23. The molecule has 2 heterocycles. The average Bonchev–Trinajstić information content (AvgIpc) is 2.90. The normalized spacial score (nSPS) is 24.4. The van der Waals surface area contributed by atoms with E-state index in [9.17, 15) is 0 Å². The molecule has 0 amide bonds. The van der Waals surface area contributed by atoms with Gasteiger partial charge in [-0.05, 0) is 31.9 Å². The van der Waals surface area contributed by atoms with E-state index in [-0.39, 0.29) is 0 Å². The van der Waals surface area contributed by atoms with Crippen molar-refractivity contribution in [2.45, 2.75) is 50.9 Å². The Labute approximate surface area is 108 Å². The molecule has 0 spiro atoms. The molecule has 0 radical (unpaired) electrons. The number of hydrogen-bond donors (Lipinski definition) is 1. The van der Waals surface area contributed by atoms with Gasteiger partial charge < -0.3 is 5.32 Å². The molecule has 4 nitrogen and oxygen atoms in total. The topological polar surface area (TPSA) is 42.7 Å². The fourth-order valence-electron chi connectivity index (χ4n) is 2.24. The van der Waals surface area contributed by atoms with Crippen LogP contribution in [-0.2, 0) is 13.1 Å². The minimum Gasteiger partial charge on any atom is -0.308 e. The molecule has 0 aromatic carbocycles. The van der Waals surface area contributed by atoms with E-state index in [0.717, 1.165) is 31.9 Å². The minimum absolute atomic E-state index is 0.426. The van der Waals surface area contributed by atoms with Crippen LogP contribution in [0.4, 0.5) is 0 Å². The summed E-state index contributed by atoms with van der Waals surface area (Å²) in [4.78, 5) is 4.30. The second-order valence-corrected chi connectivity index (χ2v) is 6.59. The summed E-state index contributed by atoms with van der Waals surface area (Å²) in [6.45, 7) is 7.37.